The van der Waals surface area contributed by atoms with E-state index in [4.69, 9.17) is 28.3 Å². The van der Waals surface area contributed by atoms with Crippen LogP contribution in [-0.2, 0) is 6.61 Å². The van der Waals surface area contributed by atoms with Crippen LogP contribution in [0, 0.1) is 0 Å². The Morgan fingerprint density at radius 2 is 2.15 bits per heavy atom. The fraction of sp³-hybridized carbons (Fsp3) is 0.125. The summed E-state index contributed by atoms with van der Waals surface area (Å²) in [7, 11) is 0. The third kappa shape index (κ3) is 1.50. The lowest BCUT2D eigenvalue weighted by molar-refractivity contribution is 0.277. The quantitative estimate of drug-likeness (QED) is 0.794. The van der Waals surface area contributed by atoms with Gasteiger partial charge in [0.25, 0.3) is 0 Å². The van der Waals surface area contributed by atoms with E-state index >= 15 is 0 Å². The monoisotopic (exact) mass is 216 g/mol. The van der Waals surface area contributed by atoms with Gasteiger partial charge >= 0.3 is 0 Å². The number of halogens is 2. The van der Waals surface area contributed by atoms with Crippen molar-refractivity contribution in [1.82, 2.24) is 9.38 Å². The van der Waals surface area contributed by atoms with Gasteiger partial charge in [0.05, 0.1) is 22.3 Å². The number of imidazole rings is 1. The molecular weight excluding hydrogens is 211 g/mol. The van der Waals surface area contributed by atoms with Gasteiger partial charge in [0, 0.05) is 12.4 Å². The molecule has 0 aliphatic rings. The molecular formula is C8H6Cl2N2O. The van der Waals surface area contributed by atoms with Crippen LogP contribution in [0.1, 0.15) is 5.69 Å². The molecule has 0 aliphatic carbocycles. The number of pyridine rings is 1. The van der Waals surface area contributed by atoms with Crippen molar-refractivity contribution in [2.75, 3.05) is 0 Å². The van der Waals surface area contributed by atoms with Gasteiger partial charge in [0.15, 0.2) is 5.65 Å². The number of hydrogen-bond acceptors (Lipinski definition) is 2. The fourth-order valence-electron chi connectivity index (χ4n) is 1.15. The van der Waals surface area contributed by atoms with Crippen molar-refractivity contribution in [3.8, 4) is 0 Å². The first-order valence-corrected chi connectivity index (χ1v) is 4.40. The van der Waals surface area contributed by atoms with Crippen LogP contribution in [0.2, 0.25) is 10.0 Å². The van der Waals surface area contributed by atoms with E-state index in [2.05, 4.69) is 4.98 Å². The van der Waals surface area contributed by atoms with Crippen LogP contribution in [0.5, 0.6) is 0 Å². The average Bonchev–Trinajstić information content (AvgIpc) is 2.47. The zero-order chi connectivity index (χ0) is 9.42. The molecule has 0 saturated heterocycles. The summed E-state index contributed by atoms with van der Waals surface area (Å²) in [6, 6.07) is 1.62. The summed E-state index contributed by atoms with van der Waals surface area (Å²) in [5.41, 5.74) is 1.18. The van der Waals surface area contributed by atoms with Gasteiger partial charge in [-0.25, -0.2) is 4.98 Å². The Bertz CT molecular complexity index is 453. The van der Waals surface area contributed by atoms with E-state index in [-0.39, 0.29) is 6.61 Å². The first-order chi connectivity index (χ1) is 6.20. The largest absolute Gasteiger partial charge is 0.390 e. The lowest BCUT2D eigenvalue weighted by Crippen LogP contribution is -1.82. The summed E-state index contributed by atoms with van der Waals surface area (Å²) in [6.07, 6.45) is 3.38. The topological polar surface area (TPSA) is 37.5 Å². The minimum absolute atomic E-state index is 0.102. The SMILES string of the molecule is OCc1cn2cc(Cl)cc(Cl)c2n1. The maximum absolute atomic E-state index is 8.85. The number of rotatable bonds is 1. The summed E-state index contributed by atoms with van der Waals surface area (Å²) >= 11 is 11.7. The molecule has 0 atom stereocenters. The number of aliphatic hydroxyl groups is 1. The molecule has 1 N–H and O–H groups in total. The van der Waals surface area contributed by atoms with Crippen LogP contribution < -0.4 is 0 Å². The zero-order valence-electron chi connectivity index (χ0n) is 6.54. The summed E-state index contributed by atoms with van der Waals surface area (Å²) in [4.78, 5) is 4.09. The van der Waals surface area contributed by atoms with E-state index in [1.54, 1.807) is 22.9 Å². The molecule has 2 aromatic rings. The maximum Gasteiger partial charge on any atom is 0.156 e. The van der Waals surface area contributed by atoms with Crippen LogP contribution in [0.3, 0.4) is 0 Å². The second kappa shape index (κ2) is 3.18. The molecule has 0 aromatic carbocycles. The van der Waals surface area contributed by atoms with Gasteiger partial charge < -0.3 is 9.51 Å². The molecule has 0 saturated carbocycles. The Morgan fingerprint density at radius 3 is 2.85 bits per heavy atom. The standard InChI is InChI=1S/C8H6Cl2N2O/c9-5-1-7(10)8-11-6(4-13)3-12(8)2-5/h1-3,13H,4H2. The molecule has 2 rings (SSSR count). The Kier molecular flexibility index (Phi) is 2.15. The molecule has 5 heteroatoms. The number of aliphatic hydroxyl groups excluding tert-OH is 1. The van der Waals surface area contributed by atoms with E-state index in [0.717, 1.165) is 0 Å². The average molecular weight is 217 g/mol. The number of hydrogen-bond donors (Lipinski definition) is 1. The number of aromatic nitrogens is 2. The minimum Gasteiger partial charge on any atom is -0.390 e. The summed E-state index contributed by atoms with van der Waals surface area (Å²) in [6.45, 7) is -0.102. The zero-order valence-corrected chi connectivity index (χ0v) is 8.05. The predicted molar refractivity (Wildman–Crippen MR) is 51.1 cm³/mol. The van der Waals surface area contributed by atoms with Crippen molar-refractivity contribution >= 4 is 28.8 Å². The number of fused-ring (bicyclic) bond motifs is 1. The van der Waals surface area contributed by atoms with Crippen molar-refractivity contribution < 1.29 is 5.11 Å². The maximum atomic E-state index is 8.85. The number of nitrogens with zero attached hydrogens (tertiary/aromatic N) is 2. The second-order valence-electron chi connectivity index (χ2n) is 2.63. The van der Waals surface area contributed by atoms with Gasteiger partial charge in [-0.2, -0.15) is 0 Å². The van der Waals surface area contributed by atoms with Crippen LogP contribution >= 0.6 is 23.2 Å². The van der Waals surface area contributed by atoms with Gasteiger partial charge in [-0.3, -0.25) is 0 Å². The Labute approximate surface area is 84.5 Å². The van der Waals surface area contributed by atoms with E-state index < -0.39 is 0 Å². The molecule has 0 aliphatic heterocycles. The van der Waals surface area contributed by atoms with Gasteiger partial charge in [0.2, 0.25) is 0 Å². The highest BCUT2D eigenvalue weighted by Gasteiger charge is 2.05. The van der Waals surface area contributed by atoms with Crippen molar-refractivity contribution in [3.05, 3.63) is 34.2 Å². The Morgan fingerprint density at radius 1 is 1.38 bits per heavy atom. The summed E-state index contributed by atoms with van der Waals surface area (Å²) in [5, 5.41) is 9.87. The van der Waals surface area contributed by atoms with E-state index in [1.165, 1.54) is 0 Å². The van der Waals surface area contributed by atoms with Crippen LogP contribution in [-0.4, -0.2) is 14.5 Å². The molecule has 2 aromatic heterocycles. The molecule has 3 nitrogen and oxygen atoms in total. The molecule has 0 bridgehead atoms. The van der Waals surface area contributed by atoms with Gasteiger partial charge in [0.1, 0.15) is 0 Å². The third-order valence-electron chi connectivity index (χ3n) is 1.68. The van der Waals surface area contributed by atoms with E-state index in [9.17, 15) is 0 Å². The smallest absolute Gasteiger partial charge is 0.156 e. The highest BCUT2D eigenvalue weighted by molar-refractivity contribution is 6.36. The minimum atomic E-state index is -0.102. The lowest BCUT2D eigenvalue weighted by atomic mass is 10.5. The van der Waals surface area contributed by atoms with Crippen molar-refractivity contribution in [3.63, 3.8) is 0 Å². The van der Waals surface area contributed by atoms with Crippen molar-refractivity contribution in [2.24, 2.45) is 0 Å². The van der Waals surface area contributed by atoms with Crippen LogP contribution in [0.15, 0.2) is 18.5 Å². The van der Waals surface area contributed by atoms with Crippen LogP contribution in [0.4, 0.5) is 0 Å². The fourth-order valence-corrected chi connectivity index (χ4v) is 1.68. The third-order valence-corrected chi connectivity index (χ3v) is 2.17. The van der Waals surface area contributed by atoms with Gasteiger partial charge in [-0.15, -0.1) is 0 Å². The molecule has 0 spiro atoms. The first-order valence-electron chi connectivity index (χ1n) is 3.64. The molecule has 0 radical (unpaired) electrons. The Hall–Kier alpha value is -0.770. The molecule has 13 heavy (non-hydrogen) atoms. The van der Waals surface area contributed by atoms with Crippen molar-refractivity contribution in [2.45, 2.75) is 6.61 Å². The molecule has 68 valence electrons. The summed E-state index contributed by atoms with van der Waals surface area (Å²) < 4.78 is 1.69. The van der Waals surface area contributed by atoms with Gasteiger partial charge in [-0.05, 0) is 6.07 Å². The van der Waals surface area contributed by atoms with Crippen LogP contribution in [0.25, 0.3) is 5.65 Å². The molecule has 2 heterocycles. The highest BCUT2D eigenvalue weighted by atomic mass is 35.5. The van der Waals surface area contributed by atoms with E-state index in [1.807, 2.05) is 0 Å². The molecule has 0 unspecified atom stereocenters. The predicted octanol–water partition coefficient (Wildman–Crippen LogP) is 2.13. The highest BCUT2D eigenvalue weighted by Crippen LogP contribution is 2.21. The second-order valence-corrected chi connectivity index (χ2v) is 3.47. The van der Waals surface area contributed by atoms with Crippen molar-refractivity contribution in [1.29, 1.82) is 0 Å². The van der Waals surface area contributed by atoms with E-state index in [0.29, 0.717) is 21.4 Å². The summed E-state index contributed by atoms with van der Waals surface area (Å²) in [5.74, 6) is 0. The normalized spacial score (nSPS) is 11.0. The first kappa shape index (κ1) is 8.81. The molecule has 0 amide bonds. The molecule has 0 fully saturated rings. The lowest BCUT2D eigenvalue weighted by Gasteiger charge is -1.95. The van der Waals surface area contributed by atoms with Gasteiger partial charge in [-0.1, -0.05) is 23.2 Å². The Balaban J connectivity index is 2.75.